The fraction of sp³-hybridized carbons (Fsp3) is 1.00. The van der Waals surface area contributed by atoms with E-state index in [1.54, 1.807) is 0 Å². The largest absolute Gasteiger partial charge is 0.400 e. The molecule has 5 heteroatoms. The third-order valence-corrected chi connectivity index (χ3v) is 3.08. The van der Waals surface area contributed by atoms with E-state index in [-0.39, 0.29) is 11.8 Å². The van der Waals surface area contributed by atoms with Crippen LogP contribution in [0, 0.1) is 5.92 Å². The van der Waals surface area contributed by atoms with Crippen molar-refractivity contribution in [2.45, 2.75) is 44.6 Å². The van der Waals surface area contributed by atoms with Crippen LogP contribution in [-0.4, -0.2) is 30.6 Å². The van der Waals surface area contributed by atoms with Crippen molar-refractivity contribution in [3.8, 4) is 0 Å². The minimum Gasteiger partial charge on any atom is -0.400 e. The molecule has 1 rings (SSSR count). The van der Waals surface area contributed by atoms with Gasteiger partial charge in [-0.1, -0.05) is 6.92 Å². The van der Waals surface area contributed by atoms with Gasteiger partial charge in [-0.05, 0) is 25.2 Å². The summed E-state index contributed by atoms with van der Waals surface area (Å²) in [6.45, 7) is -0.471. The van der Waals surface area contributed by atoms with Gasteiger partial charge in [0.25, 0.3) is 0 Å². The summed E-state index contributed by atoms with van der Waals surface area (Å²) >= 11 is 0. The van der Waals surface area contributed by atoms with Crippen molar-refractivity contribution in [3.05, 3.63) is 0 Å². The van der Waals surface area contributed by atoms with Gasteiger partial charge in [0.15, 0.2) is 0 Å². The number of alkyl halides is 2. The molecule has 0 aromatic rings. The van der Waals surface area contributed by atoms with E-state index < -0.39 is 6.61 Å². The summed E-state index contributed by atoms with van der Waals surface area (Å²) in [5, 5.41) is 7.00. The highest BCUT2D eigenvalue weighted by Crippen LogP contribution is 2.31. The quantitative estimate of drug-likeness (QED) is 0.734. The van der Waals surface area contributed by atoms with Crippen molar-refractivity contribution in [2.24, 2.45) is 5.92 Å². The Morgan fingerprint density at radius 2 is 1.93 bits per heavy atom. The molecule has 1 fully saturated rings. The van der Waals surface area contributed by atoms with Crippen LogP contribution in [-0.2, 0) is 4.74 Å². The molecule has 0 amide bonds. The lowest BCUT2D eigenvalue weighted by Crippen LogP contribution is -2.32. The van der Waals surface area contributed by atoms with Crippen molar-refractivity contribution in [1.29, 1.82) is 0 Å². The molecule has 86 valence electrons. The number of hydrogen-bond acceptors (Lipinski definition) is 2. The minimum atomic E-state index is -2.62. The van der Waals surface area contributed by atoms with Crippen LogP contribution < -0.4 is 0 Å². The summed E-state index contributed by atoms with van der Waals surface area (Å²) < 4.78 is 28.2. The Hall–Kier alpha value is 0.210. The summed E-state index contributed by atoms with van der Waals surface area (Å²) in [6.07, 6.45) is 2.48. The van der Waals surface area contributed by atoms with Gasteiger partial charge < -0.3 is 9.84 Å². The zero-order chi connectivity index (χ0) is 11.1. The lowest BCUT2D eigenvalue weighted by Gasteiger charge is -2.31. The van der Waals surface area contributed by atoms with E-state index in [0.29, 0.717) is 5.92 Å². The van der Waals surface area contributed by atoms with Crippen LogP contribution in [0.3, 0.4) is 0 Å². The molecule has 1 N–H and O–H groups in total. The molecule has 1 aliphatic rings. The predicted molar refractivity (Wildman–Crippen MR) is 55.5 cm³/mol. The second-order valence-corrected chi connectivity index (χ2v) is 4.37. The van der Waals surface area contributed by atoms with E-state index in [1.807, 2.05) is 0 Å². The maximum atomic E-state index is 11.9. The Kier molecular flexibility index (Phi) is 7.61. The molecular formula is C9H19F2O2P. The van der Waals surface area contributed by atoms with Crippen molar-refractivity contribution in [3.63, 3.8) is 0 Å². The molecule has 0 aromatic heterocycles. The summed E-state index contributed by atoms with van der Waals surface area (Å²) in [5.41, 5.74) is 0.197. The number of aliphatic hydroxyl groups is 1. The van der Waals surface area contributed by atoms with Crippen LogP contribution in [0.5, 0.6) is 0 Å². The first kappa shape index (κ1) is 14.2. The van der Waals surface area contributed by atoms with Crippen LogP contribution in [0.15, 0.2) is 0 Å². The lowest BCUT2D eigenvalue weighted by atomic mass is 9.88. The number of halogens is 2. The van der Waals surface area contributed by atoms with Crippen molar-refractivity contribution < 1.29 is 18.6 Å². The highest BCUT2D eigenvalue weighted by molar-refractivity contribution is 7.17. The fourth-order valence-corrected chi connectivity index (χ4v) is 2.45. The summed E-state index contributed by atoms with van der Waals surface area (Å²) in [7, 11) is 3.60. The number of hydrogen-bond donors (Lipinski definition) is 1. The molecule has 1 aliphatic carbocycles. The maximum absolute atomic E-state index is 11.9. The van der Waals surface area contributed by atoms with Gasteiger partial charge in [0.2, 0.25) is 0 Å². The first-order valence-corrected chi connectivity index (χ1v) is 5.40. The molecule has 0 saturated heterocycles. The van der Waals surface area contributed by atoms with Gasteiger partial charge in [0.1, 0.15) is 0 Å². The molecule has 2 nitrogen and oxygen atoms in total. The lowest BCUT2D eigenvalue weighted by molar-refractivity contribution is -0.169. The maximum Gasteiger partial charge on any atom is 0.345 e. The average molecular weight is 228 g/mol. The van der Waals surface area contributed by atoms with Crippen LogP contribution in [0.25, 0.3) is 0 Å². The van der Waals surface area contributed by atoms with Crippen LogP contribution >= 0.6 is 9.24 Å². The van der Waals surface area contributed by atoms with Crippen molar-refractivity contribution >= 4 is 9.24 Å². The second-order valence-electron chi connectivity index (χ2n) is 3.52. The molecule has 0 radical (unpaired) electrons. The molecule has 4 unspecified atom stereocenters. The van der Waals surface area contributed by atoms with Crippen molar-refractivity contribution in [2.75, 3.05) is 7.11 Å². The third-order valence-electron chi connectivity index (χ3n) is 2.37. The second kappa shape index (κ2) is 7.49. The van der Waals surface area contributed by atoms with E-state index in [9.17, 15) is 8.78 Å². The van der Waals surface area contributed by atoms with E-state index >= 15 is 0 Å². The normalized spacial score (nSPS) is 32.4. The Labute approximate surface area is 86.2 Å². The number of ether oxygens (including phenoxy) is 1. The van der Waals surface area contributed by atoms with E-state index in [0.717, 1.165) is 26.4 Å². The van der Waals surface area contributed by atoms with E-state index in [2.05, 4.69) is 20.9 Å². The Morgan fingerprint density at radius 3 is 2.36 bits per heavy atom. The average Bonchev–Trinajstić information content (AvgIpc) is 2.13. The highest BCUT2D eigenvalue weighted by atomic mass is 31.0. The molecule has 0 heterocycles. The summed E-state index contributed by atoms with van der Waals surface area (Å²) in [5.74, 6) is 0.644. The number of rotatable bonds is 2. The van der Waals surface area contributed by atoms with Gasteiger partial charge in [-0.3, -0.25) is 0 Å². The molecule has 0 spiro atoms. The summed E-state index contributed by atoms with van der Waals surface area (Å²) in [6, 6.07) is 0. The standard InChI is InChI=1S/C8H15F2OP.CH4O/c1-5-2-3-6(7(12)4-5)11-8(9)10;1-2/h5-8H,2-4,12H2,1H3;2H,1H3. The minimum absolute atomic E-state index is 0.197. The molecule has 0 aliphatic heterocycles. The molecule has 0 bridgehead atoms. The Balaban J connectivity index is 0.000000791. The Morgan fingerprint density at radius 1 is 1.36 bits per heavy atom. The fourth-order valence-electron chi connectivity index (χ4n) is 1.70. The first-order valence-electron chi connectivity index (χ1n) is 4.73. The van der Waals surface area contributed by atoms with Gasteiger partial charge in [0, 0.05) is 12.8 Å². The van der Waals surface area contributed by atoms with Crippen LogP contribution in [0.1, 0.15) is 26.2 Å². The van der Waals surface area contributed by atoms with Crippen LogP contribution in [0.4, 0.5) is 8.78 Å². The van der Waals surface area contributed by atoms with Crippen molar-refractivity contribution in [1.82, 2.24) is 0 Å². The van der Waals surface area contributed by atoms with Gasteiger partial charge in [-0.2, -0.15) is 8.78 Å². The SMILES string of the molecule is CC1CCC(OC(F)F)C(P)C1.CO. The molecule has 0 aromatic carbocycles. The predicted octanol–water partition coefficient (Wildman–Crippen LogP) is 2.27. The monoisotopic (exact) mass is 228 g/mol. The molecule has 14 heavy (non-hydrogen) atoms. The zero-order valence-corrected chi connectivity index (χ0v) is 9.77. The molecule has 4 atom stereocenters. The van der Waals surface area contributed by atoms with E-state index in [1.165, 1.54) is 0 Å². The third kappa shape index (κ3) is 5.18. The number of aliphatic hydroxyl groups excluding tert-OH is 1. The molecule has 1 saturated carbocycles. The smallest absolute Gasteiger partial charge is 0.345 e. The van der Waals surface area contributed by atoms with E-state index in [4.69, 9.17) is 5.11 Å². The Bertz CT molecular complexity index is 147. The molecular weight excluding hydrogens is 209 g/mol. The summed E-state index contributed by atoms with van der Waals surface area (Å²) in [4.78, 5) is 0. The zero-order valence-electron chi connectivity index (χ0n) is 8.62. The topological polar surface area (TPSA) is 29.5 Å². The van der Waals surface area contributed by atoms with Gasteiger partial charge in [-0.15, -0.1) is 9.24 Å². The van der Waals surface area contributed by atoms with Gasteiger partial charge in [-0.25, -0.2) is 0 Å². The van der Waals surface area contributed by atoms with Crippen LogP contribution in [0.2, 0.25) is 0 Å². The highest BCUT2D eigenvalue weighted by Gasteiger charge is 2.28. The first-order chi connectivity index (χ1) is 6.59. The van der Waals surface area contributed by atoms with Gasteiger partial charge in [0.05, 0.1) is 6.10 Å². The van der Waals surface area contributed by atoms with Gasteiger partial charge >= 0.3 is 6.61 Å².